The van der Waals surface area contributed by atoms with Gasteiger partial charge in [-0.1, -0.05) is 85.2 Å². The Bertz CT molecular complexity index is 1140. The Morgan fingerprint density at radius 1 is 1.00 bits per heavy atom. The number of halogens is 1. The van der Waals surface area contributed by atoms with Crippen LogP contribution in [-0.2, 0) is 22.0 Å². The Kier molecular flexibility index (Phi) is 10.8. The lowest BCUT2D eigenvalue weighted by Crippen LogP contribution is -2.34. The molecule has 0 saturated carbocycles. The van der Waals surface area contributed by atoms with Crippen LogP contribution in [-0.4, -0.2) is 52.3 Å². The number of hydrogen-bond acceptors (Lipinski definition) is 4. The first-order valence-electron chi connectivity index (χ1n) is 13.7. The van der Waals surface area contributed by atoms with Crippen molar-refractivity contribution in [1.29, 1.82) is 0 Å². The van der Waals surface area contributed by atoms with Crippen LogP contribution in [0.25, 0.3) is 0 Å². The molecular formula is C32H45ClN2O4. The smallest absolute Gasteiger partial charge is 0.325 e. The van der Waals surface area contributed by atoms with Crippen LogP contribution in [0.1, 0.15) is 88.4 Å². The van der Waals surface area contributed by atoms with Crippen molar-refractivity contribution in [3.63, 3.8) is 0 Å². The van der Waals surface area contributed by atoms with Gasteiger partial charge in [-0.2, -0.15) is 0 Å². The first-order valence-corrected chi connectivity index (χ1v) is 13.7. The topological polar surface area (TPSA) is 90.2 Å². The molecule has 0 spiro atoms. The molecule has 1 fully saturated rings. The highest BCUT2D eigenvalue weighted by Gasteiger charge is 2.39. The summed E-state index contributed by atoms with van der Waals surface area (Å²) in [5.41, 5.74) is 2.57. The number of carboxylic acid groups (broad SMARTS) is 1. The Labute approximate surface area is 240 Å². The lowest BCUT2D eigenvalue weighted by atomic mass is 9.78. The molecule has 1 aliphatic heterocycles. The van der Waals surface area contributed by atoms with Crippen molar-refractivity contribution < 1.29 is 19.8 Å². The fourth-order valence-electron chi connectivity index (χ4n) is 5.45. The molecule has 0 amide bonds. The Morgan fingerprint density at radius 2 is 1.56 bits per heavy atom. The van der Waals surface area contributed by atoms with Crippen LogP contribution in [0.3, 0.4) is 0 Å². The molecule has 2 N–H and O–H groups in total. The third kappa shape index (κ3) is 8.07. The number of phenolic OH excluding ortho intramolecular Hbond substituents is 1. The second-order valence-electron chi connectivity index (χ2n) is 12.6. The summed E-state index contributed by atoms with van der Waals surface area (Å²) in [5, 5.41) is 20.5. The van der Waals surface area contributed by atoms with Crippen molar-refractivity contribution in [3.05, 3.63) is 64.7 Å². The third-order valence-corrected chi connectivity index (χ3v) is 7.40. The summed E-state index contributed by atoms with van der Waals surface area (Å²) in [6, 6.07) is 13.8. The molecule has 0 aliphatic carbocycles. The van der Waals surface area contributed by atoms with E-state index in [0.717, 1.165) is 30.4 Å². The molecular weight excluding hydrogens is 512 g/mol. The van der Waals surface area contributed by atoms with E-state index in [4.69, 9.17) is 0 Å². The van der Waals surface area contributed by atoms with Gasteiger partial charge in [0.1, 0.15) is 18.1 Å². The summed E-state index contributed by atoms with van der Waals surface area (Å²) >= 11 is 0. The molecule has 0 aromatic heterocycles. The van der Waals surface area contributed by atoms with E-state index in [0.29, 0.717) is 17.9 Å². The maximum Gasteiger partial charge on any atom is 0.325 e. The number of nitrogens with zero attached hydrogens (tertiary/aromatic N) is 2. The molecule has 2 aromatic rings. The number of phenols is 1. The van der Waals surface area contributed by atoms with Gasteiger partial charge in [-0.25, -0.2) is 0 Å². The van der Waals surface area contributed by atoms with E-state index in [1.54, 1.807) is 0 Å². The standard InChI is InChI=1S/C32H44N2O4.ClH/c1-8-12-22-19-34(30(33-18-28(36)37)24(22)15-21-13-10-9-11-14-21)20-27(35)23-16-25(31(2,3)4)29(38)26(17-23)32(5,6)7;/h9-11,13-14,16-17,22,24,38H,8,12,15,18-20H2,1-7H3,(H,36,37);1H/t22-,24+;/m0./s1. The number of hydrogen-bond donors (Lipinski definition) is 2. The number of carbonyl (C=O) groups is 2. The second kappa shape index (κ2) is 13.0. The van der Waals surface area contributed by atoms with Gasteiger partial charge in [-0.05, 0) is 47.3 Å². The van der Waals surface area contributed by atoms with Crippen LogP contribution in [0.4, 0.5) is 0 Å². The van der Waals surface area contributed by atoms with Gasteiger partial charge in [0, 0.05) is 29.2 Å². The zero-order chi connectivity index (χ0) is 28.3. The molecule has 214 valence electrons. The van der Waals surface area contributed by atoms with Crippen molar-refractivity contribution in [3.8, 4) is 5.75 Å². The maximum atomic E-state index is 13.8. The van der Waals surface area contributed by atoms with Gasteiger partial charge in [-0.15, -0.1) is 12.4 Å². The SMILES string of the molecule is CCC[C@H]1CN(CC(=O)c2cc(C(C)(C)C)c(O)c(C(C)(C)C)c2)C(=NCC(=O)O)[C@@H]1Cc1ccccc1.Cl. The fraction of sp³-hybridized carbons (Fsp3) is 0.531. The first-order chi connectivity index (χ1) is 17.7. The highest BCUT2D eigenvalue weighted by atomic mass is 35.5. The van der Waals surface area contributed by atoms with Crippen LogP contribution in [0.2, 0.25) is 0 Å². The predicted octanol–water partition coefficient (Wildman–Crippen LogP) is 6.67. The van der Waals surface area contributed by atoms with Crippen LogP contribution in [0, 0.1) is 11.8 Å². The first kappa shape index (κ1) is 32.4. The summed E-state index contributed by atoms with van der Waals surface area (Å²) in [4.78, 5) is 31.8. The number of benzene rings is 2. The summed E-state index contributed by atoms with van der Waals surface area (Å²) < 4.78 is 0. The Morgan fingerprint density at radius 3 is 2.05 bits per heavy atom. The second-order valence-corrected chi connectivity index (χ2v) is 12.6. The molecule has 1 aliphatic rings. The van der Waals surface area contributed by atoms with E-state index >= 15 is 0 Å². The number of likely N-dealkylation sites (tertiary alicyclic amines) is 1. The number of Topliss-reactive ketones (excluding diaryl/α,β-unsaturated/α-hetero) is 1. The number of ketones is 1. The van der Waals surface area contributed by atoms with Gasteiger partial charge < -0.3 is 15.1 Å². The molecule has 1 saturated heterocycles. The summed E-state index contributed by atoms with van der Waals surface area (Å²) in [5.74, 6) is 0.269. The number of aliphatic imine (C=N–C) groups is 1. The number of carbonyl (C=O) groups excluding carboxylic acids is 1. The van der Waals surface area contributed by atoms with Gasteiger partial charge in [-0.3, -0.25) is 14.6 Å². The summed E-state index contributed by atoms with van der Waals surface area (Å²) in [6.07, 6.45) is 2.75. The Hall–Kier alpha value is -2.86. The number of rotatable bonds is 9. The van der Waals surface area contributed by atoms with Gasteiger partial charge >= 0.3 is 5.97 Å². The van der Waals surface area contributed by atoms with E-state index in [9.17, 15) is 19.8 Å². The largest absolute Gasteiger partial charge is 0.507 e. The van der Waals surface area contributed by atoms with Crippen molar-refractivity contribution in [2.45, 2.75) is 78.6 Å². The minimum Gasteiger partial charge on any atom is -0.507 e. The van der Waals surface area contributed by atoms with E-state index < -0.39 is 5.97 Å². The molecule has 7 heteroatoms. The highest BCUT2D eigenvalue weighted by Crippen LogP contribution is 2.40. The highest BCUT2D eigenvalue weighted by molar-refractivity contribution is 6.01. The van der Waals surface area contributed by atoms with Crippen molar-refractivity contribution in [2.24, 2.45) is 16.8 Å². The van der Waals surface area contributed by atoms with Gasteiger partial charge in [0.05, 0.1) is 6.54 Å². The molecule has 39 heavy (non-hydrogen) atoms. The molecule has 2 atom stereocenters. The van der Waals surface area contributed by atoms with E-state index in [-0.39, 0.29) is 59.7 Å². The van der Waals surface area contributed by atoms with Crippen molar-refractivity contribution in [2.75, 3.05) is 19.6 Å². The average molecular weight is 557 g/mol. The lowest BCUT2D eigenvalue weighted by Gasteiger charge is -2.28. The summed E-state index contributed by atoms with van der Waals surface area (Å²) in [7, 11) is 0. The fourth-order valence-corrected chi connectivity index (χ4v) is 5.45. The number of carboxylic acids is 1. The number of aromatic hydroxyl groups is 1. The van der Waals surface area contributed by atoms with Gasteiger partial charge in [0.25, 0.3) is 0 Å². The van der Waals surface area contributed by atoms with E-state index in [1.807, 2.05) is 76.8 Å². The molecule has 0 unspecified atom stereocenters. The minimum absolute atomic E-state index is 0. The van der Waals surface area contributed by atoms with E-state index in [1.165, 1.54) is 5.56 Å². The molecule has 6 nitrogen and oxygen atoms in total. The van der Waals surface area contributed by atoms with E-state index in [2.05, 4.69) is 24.0 Å². The Balaban J connectivity index is 0.00000533. The molecule has 2 aromatic carbocycles. The number of aliphatic carboxylic acids is 1. The van der Waals surface area contributed by atoms with Crippen molar-refractivity contribution >= 4 is 30.0 Å². The molecule has 0 radical (unpaired) electrons. The minimum atomic E-state index is -0.982. The van der Waals surface area contributed by atoms with Crippen LogP contribution >= 0.6 is 12.4 Å². The van der Waals surface area contributed by atoms with Crippen molar-refractivity contribution in [1.82, 2.24) is 4.90 Å². The van der Waals surface area contributed by atoms with Crippen LogP contribution in [0.5, 0.6) is 5.75 Å². The molecule has 1 heterocycles. The summed E-state index contributed by atoms with van der Waals surface area (Å²) in [6.45, 7) is 14.8. The zero-order valence-electron chi connectivity index (χ0n) is 24.5. The number of amidine groups is 1. The van der Waals surface area contributed by atoms with Gasteiger partial charge in [0.2, 0.25) is 0 Å². The van der Waals surface area contributed by atoms with Crippen LogP contribution < -0.4 is 0 Å². The monoisotopic (exact) mass is 556 g/mol. The van der Waals surface area contributed by atoms with Gasteiger partial charge in [0.15, 0.2) is 5.78 Å². The zero-order valence-corrected chi connectivity index (χ0v) is 25.3. The normalized spacial score (nSPS) is 18.7. The average Bonchev–Trinajstić information content (AvgIpc) is 3.12. The predicted molar refractivity (Wildman–Crippen MR) is 161 cm³/mol. The van der Waals surface area contributed by atoms with Crippen LogP contribution in [0.15, 0.2) is 47.5 Å². The molecule has 3 rings (SSSR count). The maximum absolute atomic E-state index is 13.8. The lowest BCUT2D eigenvalue weighted by molar-refractivity contribution is -0.135. The third-order valence-electron chi connectivity index (χ3n) is 7.40. The quantitative estimate of drug-likeness (QED) is 0.337. The molecule has 0 bridgehead atoms.